The van der Waals surface area contributed by atoms with Crippen molar-refractivity contribution in [3.05, 3.63) is 89.1 Å². The molecule has 7 heteroatoms. The van der Waals surface area contributed by atoms with E-state index < -0.39 is 0 Å². The van der Waals surface area contributed by atoms with Crippen LogP contribution in [0.5, 0.6) is 11.5 Å². The molecule has 5 rings (SSSR count). The number of hydrogen-bond donors (Lipinski definition) is 0. The molecule has 158 valence electrons. The summed E-state index contributed by atoms with van der Waals surface area (Å²) in [4.78, 5) is 11.2. The normalized spacial score (nSPS) is 11.1. The average molecular weight is 425 g/mol. The first kappa shape index (κ1) is 19.6. The Morgan fingerprint density at radius 1 is 0.812 bits per heavy atom. The standard InChI is InChI=1S/C25H19N3O4/c1-31-19-8-3-16(4-9-19)24-22-15-18(28(29)30)7-12-21(22)23-13-14-26-27(23)25(24)17-5-10-20(32-2)11-6-17/h3-15H,1-2H3. The van der Waals surface area contributed by atoms with Gasteiger partial charge in [-0.15, -0.1) is 0 Å². The third-order valence-electron chi connectivity index (χ3n) is 5.59. The molecule has 0 amide bonds. The molecule has 0 aliphatic heterocycles. The monoisotopic (exact) mass is 425 g/mol. The molecular formula is C25H19N3O4. The van der Waals surface area contributed by atoms with Gasteiger partial charge in [0.15, 0.2) is 0 Å². The zero-order chi connectivity index (χ0) is 22.2. The fourth-order valence-corrected chi connectivity index (χ4v) is 4.06. The molecule has 0 unspecified atom stereocenters. The van der Waals surface area contributed by atoms with E-state index in [2.05, 4.69) is 5.10 Å². The summed E-state index contributed by atoms with van der Waals surface area (Å²) in [6, 6.07) is 22.2. The van der Waals surface area contributed by atoms with Crippen LogP contribution in [0.15, 0.2) is 79.0 Å². The fourth-order valence-electron chi connectivity index (χ4n) is 4.06. The summed E-state index contributed by atoms with van der Waals surface area (Å²) >= 11 is 0. The molecular weight excluding hydrogens is 406 g/mol. The van der Waals surface area contributed by atoms with Crippen molar-refractivity contribution in [1.82, 2.24) is 9.61 Å². The minimum absolute atomic E-state index is 0.0387. The number of nitro benzene ring substituents is 1. The van der Waals surface area contributed by atoms with Crippen molar-refractivity contribution < 1.29 is 14.4 Å². The highest BCUT2D eigenvalue weighted by Crippen LogP contribution is 2.41. The molecule has 0 N–H and O–H groups in total. The maximum atomic E-state index is 11.6. The Labute approximate surface area is 183 Å². The van der Waals surface area contributed by atoms with Gasteiger partial charge in [0.1, 0.15) is 11.5 Å². The van der Waals surface area contributed by atoms with E-state index in [4.69, 9.17) is 9.47 Å². The topological polar surface area (TPSA) is 78.9 Å². The van der Waals surface area contributed by atoms with E-state index in [0.717, 1.165) is 50.2 Å². The molecule has 2 aromatic heterocycles. The first-order valence-corrected chi connectivity index (χ1v) is 9.97. The van der Waals surface area contributed by atoms with Gasteiger partial charge in [0, 0.05) is 34.0 Å². The van der Waals surface area contributed by atoms with Crippen LogP contribution in [0.3, 0.4) is 0 Å². The number of methoxy groups -OCH3 is 2. The van der Waals surface area contributed by atoms with Crippen LogP contribution in [0.1, 0.15) is 0 Å². The molecule has 0 aliphatic rings. The number of aromatic nitrogens is 2. The van der Waals surface area contributed by atoms with Crippen LogP contribution < -0.4 is 9.47 Å². The third-order valence-corrected chi connectivity index (χ3v) is 5.59. The van der Waals surface area contributed by atoms with Crippen molar-refractivity contribution in [2.24, 2.45) is 0 Å². The molecule has 7 nitrogen and oxygen atoms in total. The van der Waals surface area contributed by atoms with Crippen LogP contribution in [0, 0.1) is 10.1 Å². The van der Waals surface area contributed by atoms with Crippen molar-refractivity contribution in [3.63, 3.8) is 0 Å². The Bertz CT molecular complexity index is 1460. The quantitative estimate of drug-likeness (QED) is 0.265. The highest BCUT2D eigenvalue weighted by molar-refractivity contribution is 6.10. The molecule has 32 heavy (non-hydrogen) atoms. The first-order chi connectivity index (χ1) is 15.6. The van der Waals surface area contributed by atoms with Crippen LogP contribution in [0.25, 0.3) is 38.7 Å². The Balaban J connectivity index is 1.93. The van der Waals surface area contributed by atoms with Crippen LogP contribution >= 0.6 is 0 Å². The molecule has 2 heterocycles. The first-order valence-electron chi connectivity index (χ1n) is 9.97. The lowest BCUT2D eigenvalue weighted by Crippen LogP contribution is -2.00. The summed E-state index contributed by atoms with van der Waals surface area (Å²) in [6.07, 6.45) is 1.74. The number of nitrogens with zero attached hydrogens (tertiary/aromatic N) is 3. The molecule has 0 radical (unpaired) electrons. The van der Waals surface area contributed by atoms with Gasteiger partial charge in [-0.1, -0.05) is 12.1 Å². The highest BCUT2D eigenvalue weighted by Gasteiger charge is 2.20. The zero-order valence-electron chi connectivity index (χ0n) is 17.5. The minimum Gasteiger partial charge on any atom is -0.497 e. The van der Waals surface area contributed by atoms with Crippen molar-refractivity contribution >= 4 is 22.0 Å². The van der Waals surface area contributed by atoms with Gasteiger partial charge in [0.25, 0.3) is 5.69 Å². The number of rotatable bonds is 5. The predicted molar refractivity (Wildman–Crippen MR) is 123 cm³/mol. The summed E-state index contributed by atoms with van der Waals surface area (Å²) in [5, 5.41) is 17.8. The number of fused-ring (bicyclic) bond motifs is 3. The van der Waals surface area contributed by atoms with Crippen molar-refractivity contribution in [3.8, 4) is 33.9 Å². The average Bonchev–Trinajstić information content (AvgIpc) is 3.33. The Morgan fingerprint density at radius 2 is 1.44 bits per heavy atom. The van der Waals surface area contributed by atoms with Gasteiger partial charge in [-0.2, -0.15) is 5.10 Å². The number of nitro groups is 1. The molecule has 0 spiro atoms. The van der Waals surface area contributed by atoms with E-state index in [1.807, 2.05) is 59.1 Å². The number of non-ortho nitro benzene ring substituents is 1. The van der Waals surface area contributed by atoms with Gasteiger partial charge >= 0.3 is 0 Å². The lowest BCUT2D eigenvalue weighted by atomic mass is 9.93. The zero-order valence-corrected chi connectivity index (χ0v) is 17.5. The molecule has 3 aromatic carbocycles. The Hall–Kier alpha value is -4.39. The lowest BCUT2D eigenvalue weighted by Gasteiger charge is -2.17. The van der Waals surface area contributed by atoms with Crippen LogP contribution in [-0.4, -0.2) is 28.8 Å². The molecule has 0 saturated heterocycles. The van der Waals surface area contributed by atoms with Gasteiger partial charge in [-0.3, -0.25) is 10.1 Å². The smallest absolute Gasteiger partial charge is 0.270 e. The molecule has 0 fully saturated rings. The van der Waals surface area contributed by atoms with E-state index in [-0.39, 0.29) is 10.6 Å². The molecule has 5 aromatic rings. The highest BCUT2D eigenvalue weighted by atomic mass is 16.6. The second-order valence-corrected chi connectivity index (χ2v) is 7.30. The maximum absolute atomic E-state index is 11.6. The third kappa shape index (κ3) is 3.11. The SMILES string of the molecule is COc1ccc(-c2c(-c3ccc(OC)cc3)n3nccc3c3ccc([N+](=O)[O-])cc23)cc1. The van der Waals surface area contributed by atoms with E-state index >= 15 is 0 Å². The largest absolute Gasteiger partial charge is 0.497 e. The van der Waals surface area contributed by atoms with E-state index in [1.165, 1.54) is 6.07 Å². The van der Waals surface area contributed by atoms with Crippen molar-refractivity contribution in [1.29, 1.82) is 0 Å². The number of pyridine rings is 1. The maximum Gasteiger partial charge on any atom is 0.270 e. The summed E-state index contributed by atoms with van der Waals surface area (Å²) in [6.45, 7) is 0. The lowest BCUT2D eigenvalue weighted by molar-refractivity contribution is -0.384. The summed E-state index contributed by atoms with van der Waals surface area (Å²) < 4.78 is 12.5. The number of benzene rings is 3. The van der Waals surface area contributed by atoms with Crippen LogP contribution in [0.4, 0.5) is 5.69 Å². The summed E-state index contributed by atoms with van der Waals surface area (Å²) in [5.74, 6) is 1.48. The van der Waals surface area contributed by atoms with Crippen LogP contribution in [0.2, 0.25) is 0 Å². The molecule has 0 aliphatic carbocycles. The van der Waals surface area contributed by atoms with Gasteiger partial charge in [-0.05, 0) is 54.1 Å². The van der Waals surface area contributed by atoms with Crippen LogP contribution in [-0.2, 0) is 0 Å². The van der Waals surface area contributed by atoms with E-state index in [0.29, 0.717) is 0 Å². The molecule has 0 bridgehead atoms. The Morgan fingerprint density at radius 3 is 2.03 bits per heavy atom. The second-order valence-electron chi connectivity index (χ2n) is 7.30. The number of hydrogen-bond acceptors (Lipinski definition) is 5. The number of ether oxygens (including phenoxy) is 2. The van der Waals surface area contributed by atoms with Gasteiger partial charge in [0.05, 0.1) is 36.6 Å². The van der Waals surface area contributed by atoms with E-state index in [9.17, 15) is 10.1 Å². The van der Waals surface area contributed by atoms with Gasteiger partial charge < -0.3 is 9.47 Å². The summed E-state index contributed by atoms with van der Waals surface area (Å²) in [5.41, 5.74) is 4.42. The molecule has 0 saturated carbocycles. The molecule has 0 atom stereocenters. The predicted octanol–water partition coefficient (Wildman–Crippen LogP) is 5.75. The minimum atomic E-state index is -0.370. The van der Waals surface area contributed by atoms with Gasteiger partial charge in [0.2, 0.25) is 0 Å². The van der Waals surface area contributed by atoms with Gasteiger partial charge in [-0.25, -0.2) is 4.52 Å². The summed E-state index contributed by atoms with van der Waals surface area (Å²) in [7, 11) is 3.24. The second kappa shape index (κ2) is 7.70. The fraction of sp³-hybridized carbons (Fsp3) is 0.0800. The van der Waals surface area contributed by atoms with Crippen molar-refractivity contribution in [2.45, 2.75) is 0 Å². The Kier molecular flexibility index (Phi) is 4.71. The van der Waals surface area contributed by atoms with E-state index in [1.54, 1.807) is 32.5 Å². The van der Waals surface area contributed by atoms with Crippen molar-refractivity contribution in [2.75, 3.05) is 14.2 Å².